The minimum Gasteiger partial charge on any atom is -0.0847 e. The highest BCUT2D eigenvalue weighted by Gasteiger charge is 2.26. The predicted octanol–water partition coefficient (Wildman–Crippen LogP) is 4.34. The molecule has 0 saturated carbocycles. The molecule has 0 aromatic heterocycles. The van der Waals surface area contributed by atoms with Gasteiger partial charge in [0.05, 0.1) is 0 Å². The summed E-state index contributed by atoms with van der Waals surface area (Å²) in [4.78, 5) is 0. The highest BCUT2D eigenvalue weighted by Crippen LogP contribution is 2.40. The standard InChI is InChI=1S/C14H22/c1-10(2)12-6-7-13-8-11(3)4-5-14(13)9-12/h4,7,10,12,14H,5-6,8-9H2,1-3H3. The Morgan fingerprint density at radius 2 is 2.00 bits per heavy atom. The van der Waals surface area contributed by atoms with Gasteiger partial charge in [-0.3, -0.25) is 0 Å². The second-order valence-electron chi connectivity index (χ2n) is 5.41. The maximum atomic E-state index is 2.54. The first kappa shape index (κ1) is 10.0. The molecule has 0 aliphatic heterocycles. The first-order chi connectivity index (χ1) is 6.66. The number of allylic oxidation sites excluding steroid dienone is 4. The van der Waals surface area contributed by atoms with Crippen LogP contribution in [0.25, 0.3) is 0 Å². The number of hydrogen-bond acceptors (Lipinski definition) is 0. The van der Waals surface area contributed by atoms with Crippen LogP contribution >= 0.6 is 0 Å². The van der Waals surface area contributed by atoms with E-state index in [4.69, 9.17) is 0 Å². The van der Waals surface area contributed by atoms with Gasteiger partial charge in [0.1, 0.15) is 0 Å². The molecule has 0 saturated heterocycles. The molecular formula is C14H22. The summed E-state index contributed by atoms with van der Waals surface area (Å²) in [5, 5.41) is 0. The molecular weight excluding hydrogens is 168 g/mol. The van der Waals surface area contributed by atoms with Crippen molar-refractivity contribution in [3.05, 3.63) is 23.3 Å². The Morgan fingerprint density at radius 1 is 1.21 bits per heavy atom. The monoisotopic (exact) mass is 190 g/mol. The molecule has 0 aromatic carbocycles. The number of rotatable bonds is 1. The van der Waals surface area contributed by atoms with Crippen LogP contribution in [0, 0.1) is 17.8 Å². The van der Waals surface area contributed by atoms with Crippen LogP contribution < -0.4 is 0 Å². The zero-order valence-electron chi connectivity index (χ0n) is 9.72. The lowest BCUT2D eigenvalue weighted by molar-refractivity contribution is 0.296. The van der Waals surface area contributed by atoms with Gasteiger partial charge < -0.3 is 0 Å². The molecule has 2 unspecified atom stereocenters. The molecule has 0 bridgehead atoms. The topological polar surface area (TPSA) is 0 Å². The molecule has 0 fully saturated rings. The lowest BCUT2D eigenvalue weighted by Gasteiger charge is -2.34. The number of hydrogen-bond donors (Lipinski definition) is 0. The van der Waals surface area contributed by atoms with Crippen LogP contribution in [0.5, 0.6) is 0 Å². The lowest BCUT2D eigenvalue weighted by atomic mass is 9.71. The molecule has 0 N–H and O–H groups in total. The van der Waals surface area contributed by atoms with Gasteiger partial charge in [-0.05, 0) is 50.4 Å². The molecule has 14 heavy (non-hydrogen) atoms. The molecule has 78 valence electrons. The van der Waals surface area contributed by atoms with E-state index in [1.165, 1.54) is 25.7 Å². The normalized spacial score (nSPS) is 32.3. The fraction of sp³-hybridized carbons (Fsp3) is 0.714. The van der Waals surface area contributed by atoms with Crippen LogP contribution in [0.4, 0.5) is 0 Å². The summed E-state index contributed by atoms with van der Waals surface area (Å²) in [5.41, 5.74) is 3.32. The Labute approximate surface area is 88.1 Å². The van der Waals surface area contributed by atoms with Crippen LogP contribution in [-0.4, -0.2) is 0 Å². The molecule has 0 spiro atoms. The minimum absolute atomic E-state index is 0.861. The minimum atomic E-state index is 0.861. The van der Waals surface area contributed by atoms with Gasteiger partial charge in [-0.25, -0.2) is 0 Å². The average Bonchev–Trinajstić information content (AvgIpc) is 2.16. The molecule has 2 atom stereocenters. The molecule has 2 aliphatic rings. The van der Waals surface area contributed by atoms with E-state index in [1.54, 1.807) is 11.1 Å². The van der Waals surface area contributed by atoms with Gasteiger partial charge in [-0.1, -0.05) is 37.1 Å². The lowest BCUT2D eigenvalue weighted by Crippen LogP contribution is -2.21. The summed E-state index contributed by atoms with van der Waals surface area (Å²) in [5.74, 6) is 2.69. The third kappa shape index (κ3) is 1.94. The van der Waals surface area contributed by atoms with Crippen LogP contribution in [0.15, 0.2) is 23.3 Å². The predicted molar refractivity (Wildman–Crippen MR) is 62.1 cm³/mol. The molecule has 2 rings (SSSR count). The summed E-state index contributed by atoms with van der Waals surface area (Å²) in [6, 6.07) is 0. The van der Waals surface area contributed by atoms with Crippen molar-refractivity contribution in [3.63, 3.8) is 0 Å². The van der Waals surface area contributed by atoms with Crippen LogP contribution in [0.3, 0.4) is 0 Å². The van der Waals surface area contributed by atoms with Crippen LogP contribution in [-0.2, 0) is 0 Å². The van der Waals surface area contributed by atoms with Crippen molar-refractivity contribution in [3.8, 4) is 0 Å². The van der Waals surface area contributed by atoms with Gasteiger partial charge in [0, 0.05) is 0 Å². The Balaban J connectivity index is 2.08. The zero-order valence-corrected chi connectivity index (χ0v) is 9.72. The molecule has 0 radical (unpaired) electrons. The van der Waals surface area contributed by atoms with Crippen LogP contribution in [0.2, 0.25) is 0 Å². The highest BCUT2D eigenvalue weighted by molar-refractivity contribution is 5.24. The van der Waals surface area contributed by atoms with Crippen molar-refractivity contribution in [2.45, 2.75) is 46.5 Å². The maximum absolute atomic E-state index is 2.54. The Hall–Kier alpha value is -0.520. The summed E-state index contributed by atoms with van der Waals surface area (Å²) >= 11 is 0. The average molecular weight is 190 g/mol. The van der Waals surface area contributed by atoms with E-state index in [-0.39, 0.29) is 0 Å². The van der Waals surface area contributed by atoms with Gasteiger partial charge in [0.2, 0.25) is 0 Å². The first-order valence-electron chi connectivity index (χ1n) is 6.01. The highest BCUT2D eigenvalue weighted by atomic mass is 14.3. The maximum Gasteiger partial charge on any atom is -0.0108 e. The molecule has 0 heteroatoms. The van der Waals surface area contributed by atoms with Gasteiger partial charge >= 0.3 is 0 Å². The Morgan fingerprint density at radius 3 is 2.71 bits per heavy atom. The van der Waals surface area contributed by atoms with Gasteiger partial charge in [0.15, 0.2) is 0 Å². The van der Waals surface area contributed by atoms with Crippen molar-refractivity contribution in [1.29, 1.82) is 0 Å². The quantitative estimate of drug-likeness (QED) is 0.540. The smallest absolute Gasteiger partial charge is 0.0108 e. The molecule has 0 amide bonds. The van der Waals surface area contributed by atoms with E-state index in [2.05, 4.69) is 32.9 Å². The summed E-state index contributed by atoms with van der Waals surface area (Å²) < 4.78 is 0. The van der Waals surface area contributed by atoms with E-state index in [9.17, 15) is 0 Å². The van der Waals surface area contributed by atoms with E-state index >= 15 is 0 Å². The third-order valence-corrected chi connectivity index (χ3v) is 3.97. The Kier molecular flexibility index (Phi) is 2.80. The van der Waals surface area contributed by atoms with Crippen LogP contribution in [0.1, 0.15) is 46.5 Å². The molecule has 0 heterocycles. The Bertz CT molecular complexity index is 268. The second kappa shape index (κ2) is 3.92. The van der Waals surface area contributed by atoms with Gasteiger partial charge in [-0.15, -0.1) is 0 Å². The van der Waals surface area contributed by atoms with Gasteiger partial charge in [-0.2, -0.15) is 0 Å². The van der Waals surface area contributed by atoms with E-state index in [0.29, 0.717) is 0 Å². The van der Waals surface area contributed by atoms with Crippen molar-refractivity contribution < 1.29 is 0 Å². The summed E-state index contributed by atoms with van der Waals surface area (Å²) in [6.07, 6.45) is 10.3. The molecule has 2 aliphatic carbocycles. The van der Waals surface area contributed by atoms with Crippen molar-refractivity contribution in [2.75, 3.05) is 0 Å². The van der Waals surface area contributed by atoms with Gasteiger partial charge in [0.25, 0.3) is 0 Å². The molecule has 0 nitrogen and oxygen atoms in total. The molecule has 0 aromatic rings. The van der Waals surface area contributed by atoms with Crippen molar-refractivity contribution >= 4 is 0 Å². The summed E-state index contributed by atoms with van der Waals surface area (Å²) in [7, 11) is 0. The van der Waals surface area contributed by atoms with E-state index < -0.39 is 0 Å². The fourth-order valence-electron chi connectivity index (χ4n) is 2.83. The third-order valence-electron chi connectivity index (χ3n) is 3.97. The van der Waals surface area contributed by atoms with Crippen molar-refractivity contribution in [2.24, 2.45) is 17.8 Å². The zero-order chi connectivity index (χ0) is 10.1. The first-order valence-corrected chi connectivity index (χ1v) is 6.01. The summed E-state index contributed by atoms with van der Waals surface area (Å²) in [6.45, 7) is 7.01. The fourth-order valence-corrected chi connectivity index (χ4v) is 2.83. The SMILES string of the molecule is CC1=CCC2CC(C(C)C)CC=C2C1. The second-order valence-corrected chi connectivity index (χ2v) is 5.41. The van der Waals surface area contributed by atoms with E-state index in [0.717, 1.165) is 17.8 Å². The number of fused-ring (bicyclic) bond motifs is 1. The largest absolute Gasteiger partial charge is 0.0847 e. The van der Waals surface area contributed by atoms with E-state index in [1.807, 2.05) is 0 Å². The van der Waals surface area contributed by atoms with Crippen molar-refractivity contribution in [1.82, 2.24) is 0 Å².